The SMILES string of the molecule is O=C(O)CCNC(=O)c1ccc(NC(=O)[C@@H]2C[C@H]2c2cccc3ccccc23)cc1. The monoisotopic (exact) mass is 402 g/mol. The summed E-state index contributed by atoms with van der Waals surface area (Å²) in [6, 6.07) is 21.0. The molecule has 30 heavy (non-hydrogen) atoms. The van der Waals surface area contributed by atoms with E-state index in [0.717, 1.165) is 6.42 Å². The van der Waals surface area contributed by atoms with Crippen LogP contribution in [0.2, 0.25) is 0 Å². The summed E-state index contributed by atoms with van der Waals surface area (Å²) in [6.45, 7) is 0.0733. The van der Waals surface area contributed by atoms with Crippen molar-refractivity contribution in [2.45, 2.75) is 18.8 Å². The predicted octanol–water partition coefficient (Wildman–Crippen LogP) is 3.79. The third-order valence-corrected chi connectivity index (χ3v) is 5.39. The lowest BCUT2D eigenvalue weighted by atomic mass is 10.00. The molecule has 0 saturated heterocycles. The van der Waals surface area contributed by atoms with E-state index in [-0.39, 0.29) is 36.6 Å². The Kier molecular flexibility index (Phi) is 5.48. The van der Waals surface area contributed by atoms with Gasteiger partial charge in [0.2, 0.25) is 5.91 Å². The number of fused-ring (bicyclic) bond motifs is 1. The van der Waals surface area contributed by atoms with Crippen molar-refractivity contribution in [2.75, 3.05) is 11.9 Å². The van der Waals surface area contributed by atoms with Crippen molar-refractivity contribution < 1.29 is 19.5 Å². The number of nitrogens with one attached hydrogen (secondary N) is 2. The fourth-order valence-electron chi connectivity index (χ4n) is 3.73. The summed E-state index contributed by atoms with van der Waals surface area (Å²) in [7, 11) is 0. The maximum Gasteiger partial charge on any atom is 0.305 e. The standard InChI is InChI=1S/C24H22N2O4/c27-22(28)12-13-25-23(29)16-8-10-17(11-9-16)26-24(30)21-14-20(21)19-7-3-5-15-4-1-2-6-18(15)19/h1-11,20-21H,12-14H2,(H,25,29)(H,26,30)(H,27,28)/t20-,21+/m0/s1. The summed E-state index contributed by atoms with van der Waals surface area (Å²) in [5.74, 6) is -1.17. The molecule has 1 aliphatic rings. The van der Waals surface area contributed by atoms with Crippen molar-refractivity contribution in [3.63, 3.8) is 0 Å². The molecule has 2 amide bonds. The van der Waals surface area contributed by atoms with E-state index in [1.165, 1.54) is 16.3 Å². The molecule has 0 heterocycles. The van der Waals surface area contributed by atoms with E-state index in [0.29, 0.717) is 11.3 Å². The number of anilines is 1. The minimum atomic E-state index is -0.963. The first-order valence-electron chi connectivity index (χ1n) is 9.91. The number of hydrogen-bond acceptors (Lipinski definition) is 3. The molecular formula is C24H22N2O4. The van der Waals surface area contributed by atoms with Crippen LogP contribution in [0.25, 0.3) is 10.8 Å². The minimum Gasteiger partial charge on any atom is -0.481 e. The molecule has 0 radical (unpaired) electrons. The van der Waals surface area contributed by atoms with Crippen LogP contribution in [0.1, 0.15) is 34.7 Å². The summed E-state index contributed by atoms with van der Waals surface area (Å²) in [6.07, 6.45) is 0.697. The summed E-state index contributed by atoms with van der Waals surface area (Å²) in [5, 5.41) is 16.5. The molecule has 6 nitrogen and oxygen atoms in total. The van der Waals surface area contributed by atoms with Gasteiger partial charge in [-0.1, -0.05) is 42.5 Å². The molecule has 2 atom stereocenters. The normalized spacial score (nSPS) is 17.3. The number of carbonyl (C=O) groups is 3. The summed E-state index contributed by atoms with van der Waals surface area (Å²) in [5.41, 5.74) is 2.26. The van der Waals surface area contributed by atoms with Crippen molar-refractivity contribution in [2.24, 2.45) is 5.92 Å². The van der Waals surface area contributed by atoms with E-state index >= 15 is 0 Å². The molecule has 0 aliphatic heterocycles. The van der Waals surface area contributed by atoms with Gasteiger partial charge in [0.15, 0.2) is 0 Å². The van der Waals surface area contributed by atoms with Crippen LogP contribution >= 0.6 is 0 Å². The van der Waals surface area contributed by atoms with Crippen LogP contribution in [0.3, 0.4) is 0 Å². The molecule has 1 saturated carbocycles. The zero-order valence-corrected chi connectivity index (χ0v) is 16.3. The lowest BCUT2D eigenvalue weighted by Gasteiger charge is -2.08. The van der Waals surface area contributed by atoms with E-state index in [1.807, 2.05) is 18.2 Å². The average Bonchev–Trinajstić information content (AvgIpc) is 3.54. The van der Waals surface area contributed by atoms with Gasteiger partial charge in [-0.2, -0.15) is 0 Å². The van der Waals surface area contributed by atoms with Crippen LogP contribution in [0.15, 0.2) is 66.7 Å². The molecule has 3 aromatic rings. The molecule has 0 unspecified atom stereocenters. The maximum atomic E-state index is 12.7. The fraction of sp³-hybridized carbons (Fsp3) is 0.208. The highest BCUT2D eigenvalue weighted by atomic mass is 16.4. The Bertz CT molecular complexity index is 1100. The molecule has 0 spiro atoms. The van der Waals surface area contributed by atoms with E-state index < -0.39 is 5.97 Å². The van der Waals surface area contributed by atoms with Gasteiger partial charge in [-0.3, -0.25) is 14.4 Å². The van der Waals surface area contributed by atoms with Gasteiger partial charge in [0.25, 0.3) is 5.91 Å². The fourth-order valence-corrected chi connectivity index (χ4v) is 3.73. The highest BCUT2D eigenvalue weighted by Crippen LogP contribution is 2.49. The number of carboxylic acid groups (broad SMARTS) is 1. The van der Waals surface area contributed by atoms with Gasteiger partial charge in [0, 0.05) is 23.7 Å². The lowest BCUT2D eigenvalue weighted by Crippen LogP contribution is -2.26. The molecular weight excluding hydrogens is 380 g/mol. The molecule has 6 heteroatoms. The molecule has 0 bridgehead atoms. The zero-order chi connectivity index (χ0) is 21.1. The molecule has 0 aromatic heterocycles. The lowest BCUT2D eigenvalue weighted by molar-refractivity contribution is -0.136. The molecule has 1 aliphatic carbocycles. The Labute approximate surface area is 173 Å². The molecule has 1 fully saturated rings. The average molecular weight is 402 g/mol. The first-order chi connectivity index (χ1) is 14.5. The zero-order valence-electron chi connectivity index (χ0n) is 16.3. The topological polar surface area (TPSA) is 95.5 Å². The Balaban J connectivity index is 1.36. The van der Waals surface area contributed by atoms with Gasteiger partial charge < -0.3 is 15.7 Å². The van der Waals surface area contributed by atoms with Gasteiger partial charge in [0.05, 0.1) is 6.42 Å². The number of benzene rings is 3. The predicted molar refractivity (Wildman–Crippen MR) is 114 cm³/mol. The minimum absolute atomic E-state index is 0.0217. The quantitative estimate of drug-likeness (QED) is 0.560. The van der Waals surface area contributed by atoms with Crippen molar-refractivity contribution in [3.8, 4) is 0 Å². The van der Waals surface area contributed by atoms with Crippen LogP contribution in [0, 0.1) is 5.92 Å². The Hall–Kier alpha value is -3.67. The Morgan fingerprint density at radius 2 is 1.67 bits per heavy atom. The maximum absolute atomic E-state index is 12.7. The molecule has 152 valence electrons. The van der Waals surface area contributed by atoms with E-state index in [4.69, 9.17) is 5.11 Å². The smallest absolute Gasteiger partial charge is 0.305 e. The second-order valence-corrected chi connectivity index (χ2v) is 7.48. The van der Waals surface area contributed by atoms with Crippen molar-refractivity contribution >= 4 is 34.2 Å². The first kappa shape index (κ1) is 19.6. The number of hydrogen-bond donors (Lipinski definition) is 3. The third-order valence-electron chi connectivity index (χ3n) is 5.39. The second kappa shape index (κ2) is 8.37. The summed E-state index contributed by atoms with van der Waals surface area (Å²) < 4.78 is 0. The van der Waals surface area contributed by atoms with Gasteiger partial charge in [-0.15, -0.1) is 0 Å². The van der Waals surface area contributed by atoms with Crippen molar-refractivity contribution in [1.82, 2.24) is 5.32 Å². The Morgan fingerprint density at radius 1 is 0.933 bits per heavy atom. The number of carbonyl (C=O) groups excluding carboxylic acids is 2. The van der Waals surface area contributed by atoms with Crippen LogP contribution in [-0.2, 0) is 9.59 Å². The highest BCUT2D eigenvalue weighted by molar-refractivity contribution is 5.98. The number of rotatable bonds is 7. The van der Waals surface area contributed by atoms with Crippen LogP contribution in [0.4, 0.5) is 5.69 Å². The van der Waals surface area contributed by atoms with Crippen LogP contribution < -0.4 is 10.6 Å². The van der Waals surface area contributed by atoms with Crippen molar-refractivity contribution in [3.05, 3.63) is 77.9 Å². The number of aliphatic carboxylic acids is 1. The van der Waals surface area contributed by atoms with Crippen molar-refractivity contribution in [1.29, 1.82) is 0 Å². The second-order valence-electron chi connectivity index (χ2n) is 7.48. The number of carboxylic acids is 1. The largest absolute Gasteiger partial charge is 0.481 e. The van der Waals surface area contributed by atoms with Crippen LogP contribution in [-0.4, -0.2) is 29.4 Å². The highest BCUT2D eigenvalue weighted by Gasteiger charge is 2.44. The van der Waals surface area contributed by atoms with Gasteiger partial charge >= 0.3 is 5.97 Å². The number of amides is 2. The van der Waals surface area contributed by atoms with Gasteiger partial charge in [-0.05, 0) is 52.9 Å². The summed E-state index contributed by atoms with van der Waals surface area (Å²) in [4.78, 5) is 35.2. The first-order valence-corrected chi connectivity index (χ1v) is 9.91. The molecule has 4 rings (SSSR count). The van der Waals surface area contributed by atoms with E-state index in [1.54, 1.807) is 24.3 Å². The van der Waals surface area contributed by atoms with E-state index in [2.05, 4.69) is 34.9 Å². The van der Waals surface area contributed by atoms with Gasteiger partial charge in [-0.25, -0.2) is 0 Å². The summed E-state index contributed by atoms with van der Waals surface area (Å²) >= 11 is 0. The van der Waals surface area contributed by atoms with E-state index in [9.17, 15) is 14.4 Å². The third kappa shape index (κ3) is 4.33. The van der Waals surface area contributed by atoms with Gasteiger partial charge in [0.1, 0.15) is 0 Å². The molecule has 3 aromatic carbocycles. The molecule has 3 N–H and O–H groups in total. The van der Waals surface area contributed by atoms with Crippen LogP contribution in [0.5, 0.6) is 0 Å². The Morgan fingerprint density at radius 3 is 2.43 bits per heavy atom.